The molecule has 21 heavy (non-hydrogen) atoms. The molecule has 1 aliphatic heterocycles. The Kier molecular flexibility index (Phi) is 4.08. The number of halogens is 1. The number of ether oxygens (including phenoxy) is 2. The lowest BCUT2D eigenvalue weighted by atomic mass is 9.98. The molecule has 1 aromatic heterocycles. The maximum Gasteiger partial charge on any atom is 0.162 e. The predicted molar refractivity (Wildman–Crippen MR) is 81.2 cm³/mol. The Morgan fingerprint density at radius 3 is 2.62 bits per heavy atom. The Bertz CT molecular complexity index is 638. The molecule has 1 aromatic carbocycles. The normalized spacial score (nSPS) is 15.6. The van der Waals surface area contributed by atoms with E-state index in [1.165, 1.54) is 0 Å². The number of hydrogen-bond acceptors (Lipinski definition) is 4. The molecule has 0 saturated heterocycles. The van der Waals surface area contributed by atoms with Gasteiger partial charge in [-0.2, -0.15) is 0 Å². The first kappa shape index (κ1) is 14.3. The quantitative estimate of drug-likeness (QED) is 0.939. The first-order valence-corrected chi connectivity index (χ1v) is 7.49. The van der Waals surface area contributed by atoms with Gasteiger partial charge < -0.3 is 19.6 Å². The highest BCUT2D eigenvalue weighted by Gasteiger charge is 2.21. The summed E-state index contributed by atoms with van der Waals surface area (Å²) in [6, 6.07) is 5.20. The van der Waals surface area contributed by atoms with Gasteiger partial charge in [-0.25, -0.2) is 0 Å². The monoisotopic (exact) mass is 307 g/mol. The van der Waals surface area contributed by atoms with E-state index < -0.39 is 0 Å². The fourth-order valence-electron chi connectivity index (χ4n) is 2.52. The number of rotatable bonds is 3. The van der Waals surface area contributed by atoms with Gasteiger partial charge in [-0.05, 0) is 17.7 Å². The first-order valence-electron chi connectivity index (χ1n) is 7.11. The summed E-state index contributed by atoms with van der Waals surface area (Å²) in [5.74, 6) is 2.26. The number of fused-ring (bicyclic) bond motifs is 1. The molecule has 0 saturated carbocycles. The Balaban J connectivity index is 2.00. The van der Waals surface area contributed by atoms with Crippen LogP contribution in [-0.4, -0.2) is 13.2 Å². The van der Waals surface area contributed by atoms with Crippen LogP contribution in [-0.2, 0) is 6.42 Å². The number of benzene rings is 1. The van der Waals surface area contributed by atoms with Crippen molar-refractivity contribution >= 4 is 11.6 Å². The van der Waals surface area contributed by atoms with Gasteiger partial charge in [0.15, 0.2) is 11.5 Å². The second-order valence-corrected chi connectivity index (χ2v) is 5.41. The van der Waals surface area contributed by atoms with E-state index in [-0.39, 0.29) is 6.04 Å². The van der Waals surface area contributed by atoms with Crippen molar-refractivity contribution in [2.75, 3.05) is 13.2 Å². The van der Waals surface area contributed by atoms with E-state index in [0.717, 1.165) is 29.7 Å². The van der Waals surface area contributed by atoms with E-state index >= 15 is 0 Å². The molecule has 1 aliphatic rings. The molecule has 1 unspecified atom stereocenters. The lowest BCUT2D eigenvalue weighted by Crippen LogP contribution is -2.13. The molecular formula is C16H18ClNO3. The van der Waals surface area contributed by atoms with Crippen LogP contribution in [0.1, 0.15) is 36.3 Å². The van der Waals surface area contributed by atoms with Gasteiger partial charge in [0.1, 0.15) is 5.76 Å². The third-order valence-electron chi connectivity index (χ3n) is 3.64. The van der Waals surface area contributed by atoms with Crippen molar-refractivity contribution in [1.82, 2.24) is 0 Å². The van der Waals surface area contributed by atoms with Crippen molar-refractivity contribution in [2.24, 2.45) is 5.73 Å². The van der Waals surface area contributed by atoms with Gasteiger partial charge in [0.25, 0.3) is 0 Å². The number of nitrogens with two attached hydrogens (primary N) is 1. The second kappa shape index (κ2) is 6.00. The van der Waals surface area contributed by atoms with Crippen LogP contribution in [0.5, 0.6) is 11.5 Å². The summed E-state index contributed by atoms with van der Waals surface area (Å²) >= 11 is 6.38. The highest BCUT2D eigenvalue weighted by atomic mass is 35.5. The zero-order valence-electron chi connectivity index (χ0n) is 11.9. The molecule has 0 spiro atoms. The minimum absolute atomic E-state index is 0.344. The molecule has 3 rings (SSSR count). The van der Waals surface area contributed by atoms with E-state index in [1.54, 1.807) is 12.3 Å². The molecule has 0 fully saturated rings. The standard InChI is InChI=1S/C16H18ClNO3/c1-2-13-10(4-7-21-13)16(18)11-8-14-15(9-12(11)17)20-6-3-5-19-14/h4,7-9,16H,2-3,5-6,18H2,1H3. The SMILES string of the molecule is CCc1occc1C(N)c1cc2c(cc1Cl)OCCCO2. The molecule has 4 nitrogen and oxygen atoms in total. The topological polar surface area (TPSA) is 57.6 Å². The zero-order valence-corrected chi connectivity index (χ0v) is 12.7. The fourth-order valence-corrected chi connectivity index (χ4v) is 2.79. The molecule has 0 radical (unpaired) electrons. The van der Waals surface area contributed by atoms with Crippen molar-refractivity contribution in [1.29, 1.82) is 0 Å². The Morgan fingerprint density at radius 2 is 1.90 bits per heavy atom. The summed E-state index contributed by atoms with van der Waals surface area (Å²) in [6.07, 6.45) is 3.30. The molecule has 0 amide bonds. The third-order valence-corrected chi connectivity index (χ3v) is 3.97. The summed E-state index contributed by atoms with van der Waals surface area (Å²) in [5, 5.41) is 0.579. The van der Waals surface area contributed by atoms with Crippen molar-refractivity contribution in [2.45, 2.75) is 25.8 Å². The van der Waals surface area contributed by atoms with Crippen molar-refractivity contribution in [3.8, 4) is 11.5 Å². The van der Waals surface area contributed by atoms with E-state index in [9.17, 15) is 0 Å². The first-order chi connectivity index (χ1) is 10.2. The summed E-state index contributed by atoms with van der Waals surface area (Å²) in [6.45, 7) is 3.30. The summed E-state index contributed by atoms with van der Waals surface area (Å²) in [5.41, 5.74) is 8.14. The Labute approximate surface area is 128 Å². The maximum absolute atomic E-state index is 6.38. The molecule has 1 atom stereocenters. The molecule has 5 heteroatoms. The van der Waals surface area contributed by atoms with Gasteiger partial charge in [0.2, 0.25) is 0 Å². The minimum atomic E-state index is -0.344. The summed E-state index contributed by atoms with van der Waals surface area (Å²) < 4.78 is 16.8. The predicted octanol–water partition coefficient (Wildman–Crippen LogP) is 3.70. The fraction of sp³-hybridized carbons (Fsp3) is 0.375. The van der Waals surface area contributed by atoms with E-state index in [2.05, 4.69) is 0 Å². The lowest BCUT2D eigenvalue weighted by molar-refractivity contribution is 0.297. The Hall–Kier alpha value is -1.65. The highest BCUT2D eigenvalue weighted by Crippen LogP contribution is 2.39. The zero-order chi connectivity index (χ0) is 14.8. The average molecular weight is 308 g/mol. The second-order valence-electron chi connectivity index (χ2n) is 5.00. The number of aryl methyl sites for hydroxylation is 1. The Morgan fingerprint density at radius 1 is 1.19 bits per heavy atom. The third kappa shape index (κ3) is 2.74. The van der Waals surface area contributed by atoms with Crippen LogP contribution in [0.4, 0.5) is 0 Å². The van der Waals surface area contributed by atoms with Crippen LogP contribution in [0.25, 0.3) is 0 Å². The molecule has 0 aliphatic carbocycles. The van der Waals surface area contributed by atoms with Gasteiger partial charge in [-0.1, -0.05) is 18.5 Å². The van der Waals surface area contributed by atoms with Crippen LogP contribution in [0.15, 0.2) is 28.9 Å². The molecule has 112 valence electrons. The minimum Gasteiger partial charge on any atom is -0.490 e. The van der Waals surface area contributed by atoms with Gasteiger partial charge in [-0.3, -0.25) is 0 Å². The average Bonchev–Trinajstić information content (AvgIpc) is 2.85. The van der Waals surface area contributed by atoms with Crippen LogP contribution in [0.2, 0.25) is 5.02 Å². The van der Waals surface area contributed by atoms with Crippen LogP contribution in [0, 0.1) is 0 Å². The van der Waals surface area contributed by atoms with Crippen molar-refractivity contribution in [3.05, 3.63) is 46.4 Å². The number of hydrogen-bond donors (Lipinski definition) is 1. The van der Waals surface area contributed by atoms with Crippen molar-refractivity contribution in [3.63, 3.8) is 0 Å². The summed E-state index contributed by atoms with van der Waals surface area (Å²) in [7, 11) is 0. The lowest BCUT2D eigenvalue weighted by Gasteiger charge is -2.17. The van der Waals surface area contributed by atoms with E-state index in [4.69, 9.17) is 31.2 Å². The van der Waals surface area contributed by atoms with Gasteiger partial charge in [-0.15, -0.1) is 0 Å². The van der Waals surface area contributed by atoms with E-state index in [1.807, 2.05) is 19.1 Å². The smallest absolute Gasteiger partial charge is 0.162 e. The molecule has 0 bridgehead atoms. The highest BCUT2D eigenvalue weighted by molar-refractivity contribution is 6.31. The van der Waals surface area contributed by atoms with Crippen LogP contribution < -0.4 is 15.2 Å². The molecular weight excluding hydrogens is 290 g/mol. The van der Waals surface area contributed by atoms with Crippen molar-refractivity contribution < 1.29 is 13.9 Å². The summed E-state index contributed by atoms with van der Waals surface area (Å²) in [4.78, 5) is 0. The maximum atomic E-state index is 6.38. The molecule has 2 heterocycles. The number of furan rings is 1. The van der Waals surface area contributed by atoms with Gasteiger partial charge in [0, 0.05) is 29.5 Å². The van der Waals surface area contributed by atoms with Gasteiger partial charge in [0.05, 0.1) is 25.5 Å². The van der Waals surface area contributed by atoms with Crippen LogP contribution in [0.3, 0.4) is 0 Å². The largest absolute Gasteiger partial charge is 0.490 e. The molecule has 2 N–H and O–H groups in total. The van der Waals surface area contributed by atoms with E-state index in [0.29, 0.717) is 29.7 Å². The molecule has 2 aromatic rings. The van der Waals surface area contributed by atoms with Gasteiger partial charge >= 0.3 is 0 Å². The van der Waals surface area contributed by atoms with Crippen LogP contribution >= 0.6 is 11.6 Å².